The van der Waals surface area contributed by atoms with Gasteiger partial charge in [-0.15, -0.1) is 0 Å². The van der Waals surface area contributed by atoms with Gasteiger partial charge in [-0.05, 0) is 61.7 Å². The number of hydrogen-bond donors (Lipinski definition) is 2. The number of fused-ring (bicyclic) bond motifs is 2. The lowest BCUT2D eigenvalue weighted by Crippen LogP contribution is -2.35. The molecule has 0 atom stereocenters. The van der Waals surface area contributed by atoms with Crippen LogP contribution in [0.15, 0.2) is 59.5 Å². The van der Waals surface area contributed by atoms with E-state index in [9.17, 15) is 4.79 Å². The molecule has 196 valence electrons. The van der Waals surface area contributed by atoms with Crippen molar-refractivity contribution in [2.24, 2.45) is 0 Å². The minimum Gasteiger partial charge on any atom is -0.383 e. The minimum atomic E-state index is -0.108. The van der Waals surface area contributed by atoms with Gasteiger partial charge < -0.3 is 25.2 Å². The van der Waals surface area contributed by atoms with E-state index in [-0.39, 0.29) is 5.56 Å². The molecule has 0 amide bonds. The number of likely N-dealkylation sites (N-methyl/N-ethyl adjacent to an activating group) is 1. The third-order valence-corrected chi connectivity index (χ3v) is 7.28. The summed E-state index contributed by atoms with van der Waals surface area (Å²) >= 11 is 0. The van der Waals surface area contributed by atoms with Crippen LogP contribution in [-0.4, -0.2) is 61.0 Å². The molecule has 38 heavy (non-hydrogen) atoms. The molecular formula is C29H33N7O2. The average molecular weight is 512 g/mol. The normalized spacial score (nSPS) is 14.8. The highest BCUT2D eigenvalue weighted by molar-refractivity contribution is 5.86. The van der Waals surface area contributed by atoms with Crippen LogP contribution in [0.3, 0.4) is 0 Å². The number of aryl methyl sites for hydroxylation is 1. The van der Waals surface area contributed by atoms with Gasteiger partial charge in [0.15, 0.2) is 5.65 Å². The van der Waals surface area contributed by atoms with Crippen molar-refractivity contribution in [3.8, 4) is 5.69 Å². The summed E-state index contributed by atoms with van der Waals surface area (Å²) in [6, 6.07) is 16.5. The number of aromatic nitrogens is 3. The fourth-order valence-corrected chi connectivity index (χ4v) is 4.98. The van der Waals surface area contributed by atoms with Crippen LogP contribution >= 0.6 is 0 Å². The minimum absolute atomic E-state index is 0.108. The molecule has 0 saturated heterocycles. The maximum atomic E-state index is 14.3. The van der Waals surface area contributed by atoms with E-state index in [1.165, 1.54) is 0 Å². The van der Waals surface area contributed by atoms with Crippen LogP contribution in [0.1, 0.15) is 18.4 Å². The summed E-state index contributed by atoms with van der Waals surface area (Å²) in [6.45, 7) is 4.94. The van der Waals surface area contributed by atoms with Crippen molar-refractivity contribution in [1.82, 2.24) is 14.5 Å². The van der Waals surface area contributed by atoms with Gasteiger partial charge in [-0.3, -0.25) is 9.36 Å². The standard InChI is InChI=1S/C29H33N7O2/c1-19-5-4-6-24-26(19)30-13-14-35(24)25-17-20-18-31-29(32-21-7-8-21)33-27(20)36(28(25)37)23-11-9-22(10-12-23)34(2)15-16-38-3/h4-6,9-12,17-18,21,30H,7-8,13-16H2,1-3H3,(H,31,32,33). The zero-order valence-corrected chi connectivity index (χ0v) is 22.1. The van der Waals surface area contributed by atoms with Gasteiger partial charge in [-0.1, -0.05) is 12.1 Å². The van der Waals surface area contributed by atoms with Crippen LogP contribution in [0.25, 0.3) is 16.7 Å². The third kappa shape index (κ3) is 4.54. The Bertz CT molecular complexity index is 1530. The molecule has 0 spiro atoms. The van der Waals surface area contributed by atoms with E-state index in [0.717, 1.165) is 59.6 Å². The Morgan fingerprint density at radius 2 is 1.97 bits per heavy atom. The first-order chi connectivity index (χ1) is 18.5. The van der Waals surface area contributed by atoms with Gasteiger partial charge in [-0.25, -0.2) is 4.98 Å². The van der Waals surface area contributed by atoms with Gasteiger partial charge in [0.05, 0.1) is 23.7 Å². The molecule has 9 nitrogen and oxygen atoms in total. The Morgan fingerprint density at radius 1 is 1.16 bits per heavy atom. The van der Waals surface area contributed by atoms with Gasteiger partial charge in [0, 0.05) is 57.1 Å². The molecule has 0 unspecified atom stereocenters. The van der Waals surface area contributed by atoms with Crippen LogP contribution in [-0.2, 0) is 4.74 Å². The Labute approximate surface area is 222 Å². The Hall–Kier alpha value is -4.11. The SMILES string of the molecule is COCCN(C)c1ccc(-n2c(=O)c(N3CCNc4c(C)cccc43)cc3cnc(NC4CC4)nc32)cc1. The first-order valence-electron chi connectivity index (χ1n) is 13.1. The number of nitrogens with one attached hydrogen (secondary N) is 2. The number of nitrogens with zero attached hydrogens (tertiary/aromatic N) is 5. The maximum Gasteiger partial charge on any atom is 0.280 e. The molecule has 2 aromatic carbocycles. The molecular weight excluding hydrogens is 478 g/mol. The first kappa shape index (κ1) is 24.2. The van der Waals surface area contributed by atoms with Gasteiger partial charge in [-0.2, -0.15) is 4.98 Å². The fourth-order valence-electron chi connectivity index (χ4n) is 4.98. The number of anilines is 5. The van der Waals surface area contributed by atoms with Gasteiger partial charge in [0.1, 0.15) is 5.69 Å². The largest absolute Gasteiger partial charge is 0.383 e. The van der Waals surface area contributed by atoms with Crippen LogP contribution < -0.4 is 26.0 Å². The average Bonchev–Trinajstić information content (AvgIpc) is 3.76. The highest BCUT2D eigenvalue weighted by Crippen LogP contribution is 2.36. The molecule has 2 aliphatic rings. The maximum absolute atomic E-state index is 14.3. The number of hydrogen-bond acceptors (Lipinski definition) is 8. The van der Waals surface area contributed by atoms with E-state index in [0.29, 0.717) is 36.5 Å². The van der Waals surface area contributed by atoms with Crippen molar-refractivity contribution in [2.45, 2.75) is 25.8 Å². The monoisotopic (exact) mass is 511 g/mol. The number of para-hydroxylation sites is 1. The fraction of sp³-hybridized carbons (Fsp3) is 0.345. The Kier molecular flexibility index (Phi) is 6.37. The Morgan fingerprint density at radius 3 is 2.74 bits per heavy atom. The molecule has 6 rings (SSSR count). The topological polar surface area (TPSA) is 87.5 Å². The molecule has 3 heterocycles. The quantitative estimate of drug-likeness (QED) is 0.362. The predicted molar refractivity (Wildman–Crippen MR) is 154 cm³/mol. The van der Waals surface area contributed by atoms with Crippen LogP contribution in [0, 0.1) is 6.92 Å². The summed E-state index contributed by atoms with van der Waals surface area (Å²) in [7, 11) is 3.73. The summed E-state index contributed by atoms with van der Waals surface area (Å²) in [5.74, 6) is 0.556. The van der Waals surface area contributed by atoms with Crippen molar-refractivity contribution in [1.29, 1.82) is 0 Å². The lowest BCUT2D eigenvalue weighted by molar-refractivity contribution is 0.206. The molecule has 4 aromatic rings. The van der Waals surface area contributed by atoms with Crippen LogP contribution in [0.5, 0.6) is 0 Å². The second kappa shape index (κ2) is 9.98. The molecule has 1 aliphatic heterocycles. The second-order valence-corrected chi connectivity index (χ2v) is 10.0. The number of methoxy groups -OCH3 is 1. The number of ether oxygens (including phenoxy) is 1. The van der Waals surface area contributed by atoms with Crippen LogP contribution in [0.4, 0.5) is 28.7 Å². The highest BCUT2D eigenvalue weighted by atomic mass is 16.5. The lowest BCUT2D eigenvalue weighted by Gasteiger charge is -2.33. The zero-order valence-electron chi connectivity index (χ0n) is 22.1. The summed E-state index contributed by atoms with van der Waals surface area (Å²) in [5.41, 5.74) is 6.13. The summed E-state index contributed by atoms with van der Waals surface area (Å²) < 4.78 is 6.94. The van der Waals surface area contributed by atoms with E-state index in [1.807, 2.05) is 49.6 Å². The molecule has 0 radical (unpaired) electrons. The van der Waals surface area contributed by atoms with Crippen LogP contribution in [0.2, 0.25) is 0 Å². The van der Waals surface area contributed by atoms with Crippen molar-refractivity contribution in [3.63, 3.8) is 0 Å². The number of pyridine rings is 1. The molecule has 2 N–H and O–H groups in total. The van der Waals surface area contributed by atoms with E-state index >= 15 is 0 Å². The number of benzene rings is 2. The third-order valence-electron chi connectivity index (χ3n) is 7.28. The zero-order chi connectivity index (χ0) is 26.2. The predicted octanol–water partition coefficient (Wildman–Crippen LogP) is 4.31. The summed E-state index contributed by atoms with van der Waals surface area (Å²) in [5, 5.41) is 7.69. The van der Waals surface area contributed by atoms with E-state index in [2.05, 4.69) is 44.5 Å². The molecule has 1 saturated carbocycles. The molecule has 0 bridgehead atoms. The first-order valence-corrected chi connectivity index (χ1v) is 13.1. The van der Waals surface area contributed by atoms with Crippen molar-refractivity contribution in [2.75, 3.05) is 60.8 Å². The van der Waals surface area contributed by atoms with Gasteiger partial charge in [0.25, 0.3) is 5.56 Å². The van der Waals surface area contributed by atoms with Gasteiger partial charge in [0.2, 0.25) is 5.95 Å². The smallest absolute Gasteiger partial charge is 0.280 e. The second-order valence-electron chi connectivity index (χ2n) is 10.0. The molecule has 1 aliphatic carbocycles. The number of rotatable bonds is 8. The van der Waals surface area contributed by atoms with Crippen molar-refractivity contribution < 1.29 is 4.74 Å². The molecule has 9 heteroatoms. The van der Waals surface area contributed by atoms with E-state index in [1.54, 1.807) is 11.7 Å². The van der Waals surface area contributed by atoms with E-state index < -0.39 is 0 Å². The molecule has 1 fully saturated rings. The van der Waals surface area contributed by atoms with Gasteiger partial charge >= 0.3 is 0 Å². The van der Waals surface area contributed by atoms with Crippen molar-refractivity contribution in [3.05, 3.63) is 70.6 Å². The molecule has 2 aromatic heterocycles. The lowest BCUT2D eigenvalue weighted by atomic mass is 10.1. The van der Waals surface area contributed by atoms with E-state index in [4.69, 9.17) is 9.72 Å². The summed E-state index contributed by atoms with van der Waals surface area (Å²) in [6.07, 6.45) is 4.05. The Balaban J connectivity index is 1.50. The van der Waals surface area contributed by atoms with Crippen molar-refractivity contribution >= 4 is 39.7 Å². The summed E-state index contributed by atoms with van der Waals surface area (Å²) in [4.78, 5) is 27.9. The highest BCUT2D eigenvalue weighted by Gasteiger charge is 2.25.